The maximum absolute atomic E-state index is 12.6. The van der Waals surface area contributed by atoms with Crippen molar-refractivity contribution in [3.8, 4) is 0 Å². The van der Waals surface area contributed by atoms with Crippen molar-refractivity contribution in [3.63, 3.8) is 0 Å². The zero-order chi connectivity index (χ0) is 31.6. The number of amides is 4. The van der Waals surface area contributed by atoms with Gasteiger partial charge in [-0.05, 0) is 96.6 Å². The molecule has 0 aromatic heterocycles. The number of rotatable bonds is 14. The third kappa shape index (κ3) is 17.3. The number of hydrogen-bond donors (Lipinski definition) is 4. The minimum absolute atomic E-state index is 0.223. The van der Waals surface area contributed by atoms with E-state index in [1.165, 1.54) is 12.8 Å². The smallest absolute Gasteiger partial charge is 0.319 e. The van der Waals surface area contributed by atoms with Gasteiger partial charge >= 0.3 is 12.1 Å². The van der Waals surface area contributed by atoms with Crippen LogP contribution in [0.1, 0.15) is 127 Å². The standard InChI is InChI=1S/C35H64N4O2/c1-25(21-34(10,11)23-32(4,5)6)16-18-36-30(40)38-28-15-14-27(3)29(20-28)39-31(41)37-19-17-26(2)22-35(12,13)24-33(7,8)9/h14-15,20,25-26H,16-19,21-24H2,1-13H3,(H2,36,38,40)(H2,37,39,41). The van der Waals surface area contributed by atoms with Crippen LogP contribution in [0.15, 0.2) is 18.2 Å². The number of urea groups is 2. The second-order valence-corrected chi connectivity index (χ2v) is 16.8. The van der Waals surface area contributed by atoms with Crippen molar-refractivity contribution >= 4 is 23.4 Å². The van der Waals surface area contributed by atoms with Gasteiger partial charge in [0.25, 0.3) is 0 Å². The predicted octanol–water partition coefficient (Wildman–Crippen LogP) is 10.00. The molecule has 236 valence electrons. The van der Waals surface area contributed by atoms with Crippen molar-refractivity contribution in [2.45, 2.75) is 129 Å². The summed E-state index contributed by atoms with van der Waals surface area (Å²) in [4.78, 5) is 25.2. The SMILES string of the molecule is Cc1ccc(NC(=O)NCCC(C)CC(C)(C)CC(C)(C)C)cc1NC(=O)NCCC(C)CC(C)(C)CC(C)(C)C. The summed E-state index contributed by atoms with van der Waals surface area (Å²) >= 11 is 0. The molecule has 4 amide bonds. The van der Waals surface area contributed by atoms with Crippen LogP contribution in [-0.4, -0.2) is 25.2 Å². The Kier molecular flexibility index (Phi) is 13.7. The third-order valence-corrected chi connectivity index (χ3v) is 7.41. The van der Waals surface area contributed by atoms with E-state index in [1.54, 1.807) is 0 Å². The van der Waals surface area contributed by atoms with Crippen LogP contribution in [0, 0.1) is 40.4 Å². The second-order valence-electron chi connectivity index (χ2n) is 16.8. The zero-order valence-corrected chi connectivity index (χ0v) is 28.9. The van der Waals surface area contributed by atoms with E-state index in [4.69, 9.17) is 0 Å². The Labute approximate surface area is 253 Å². The van der Waals surface area contributed by atoms with Crippen LogP contribution in [0.3, 0.4) is 0 Å². The minimum Gasteiger partial charge on any atom is -0.338 e. The Bertz CT molecular complexity index is 969. The van der Waals surface area contributed by atoms with Crippen molar-refractivity contribution in [1.29, 1.82) is 0 Å². The molecule has 0 aliphatic heterocycles. The summed E-state index contributed by atoms with van der Waals surface area (Å²) in [6.45, 7) is 30.9. The van der Waals surface area contributed by atoms with Crippen LogP contribution in [0.4, 0.5) is 21.0 Å². The van der Waals surface area contributed by atoms with Gasteiger partial charge in [0.15, 0.2) is 0 Å². The Balaban J connectivity index is 2.49. The fraction of sp³-hybridized carbons (Fsp3) is 0.771. The topological polar surface area (TPSA) is 82.3 Å². The lowest BCUT2D eigenvalue weighted by molar-refractivity contribution is 0.171. The maximum atomic E-state index is 12.6. The molecule has 0 bridgehead atoms. The first-order chi connectivity index (χ1) is 18.6. The first-order valence-electron chi connectivity index (χ1n) is 15.8. The maximum Gasteiger partial charge on any atom is 0.319 e. The fourth-order valence-corrected chi connectivity index (χ4v) is 7.15. The molecular formula is C35H64N4O2. The molecular weight excluding hydrogens is 508 g/mol. The molecule has 1 rings (SSSR count). The van der Waals surface area contributed by atoms with Crippen molar-refractivity contribution in [1.82, 2.24) is 10.6 Å². The van der Waals surface area contributed by atoms with Gasteiger partial charge in [-0.2, -0.15) is 0 Å². The minimum atomic E-state index is -0.228. The van der Waals surface area contributed by atoms with Crippen molar-refractivity contribution < 1.29 is 9.59 Å². The van der Waals surface area contributed by atoms with E-state index in [2.05, 4.69) is 104 Å². The number of benzene rings is 1. The number of hydrogen-bond acceptors (Lipinski definition) is 2. The van der Waals surface area contributed by atoms with Gasteiger partial charge in [0.1, 0.15) is 0 Å². The number of carbonyl (C=O) groups excluding carboxylic acids is 2. The Morgan fingerprint density at radius 2 is 1.10 bits per heavy atom. The predicted molar refractivity (Wildman–Crippen MR) is 178 cm³/mol. The molecule has 0 radical (unpaired) electrons. The highest BCUT2D eigenvalue weighted by Gasteiger charge is 2.28. The monoisotopic (exact) mass is 573 g/mol. The Hall–Kier alpha value is -2.24. The summed E-state index contributed by atoms with van der Waals surface area (Å²) in [7, 11) is 0. The van der Waals surface area contributed by atoms with Crippen LogP contribution in [0.2, 0.25) is 0 Å². The number of anilines is 2. The number of aryl methyl sites for hydroxylation is 1. The van der Waals surface area contributed by atoms with Gasteiger partial charge in [-0.25, -0.2) is 9.59 Å². The van der Waals surface area contributed by atoms with Gasteiger partial charge in [0, 0.05) is 24.5 Å². The van der Waals surface area contributed by atoms with Crippen LogP contribution >= 0.6 is 0 Å². The molecule has 2 atom stereocenters. The van der Waals surface area contributed by atoms with Gasteiger partial charge in [0.2, 0.25) is 0 Å². The van der Waals surface area contributed by atoms with E-state index in [1.807, 2.05) is 25.1 Å². The molecule has 0 saturated carbocycles. The highest BCUT2D eigenvalue weighted by Crippen LogP contribution is 2.39. The quantitative estimate of drug-likeness (QED) is 0.179. The van der Waals surface area contributed by atoms with Gasteiger partial charge in [0.05, 0.1) is 0 Å². The van der Waals surface area contributed by atoms with Crippen molar-refractivity contribution in [3.05, 3.63) is 23.8 Å². The fourth-order valence-electron chi connectivity index (χ4n) is 7.15. The molecule has 41 heavy (non-hydrogen) atoms. The molecule has 2 unspecified atom stereocenters. The first kappa shape index (κ1) is 36.8. The molecule has 0 aliphatic rings. The van der Waals surface area contributed by atoms with E-state index in [9.17, 15) is 9.59 Å². The molecule has 1 aromatic carbocycles. The van der Waals surface area contributed by atoms with Crippen molar-refractivity contribution in [2.24, 2.45) is 33.5 Å². The highest BCUT2D eigenvalue weighted by molar-refractivity contribution is 5.93. The molecule has 0 spiro atoms. The Morgan fingerprint density at radius 1 is 0.683 bits per heavy atom. The Morgan fingerprint density at radius 3 is 1.51 bits per heavy atom. The van der Waals surface area contributed by atoms with Crippen LogP contribution in [0.5, 0.6) is 0 Å². The average Bonchev–Trinajstić information content (AvgIpc) is 2.71. The normalized spacial score (nSPS) is 14.3. The lowest BCUT2D eigenvalue weighted by Crippen LogP contribution is -2.32. The van der Waals surface area contributed by atoms with Gasteiger partial charge in [-0.15, -0.1) is 0 Å². The molecule has 0 fully saturated rings. The van der Waals surface area contributed by atoms with Crippen LogP contribution in [-0.2, 0) is 0 Å². The lowest BCUT2D eigenvalue weighted by atomic mass is 9.71. The summed E-state index contributed by atoms with van der Waals surface area (Å²) in [5, 5.41) is 11.8. The first-order valence-corrected chi connectivity index (χ1v) is 15.8. The van der Waals surface area contributed by atoms with E-state index in [-0.39, 0.29) is 22.9 Å². The summed E-state index contributed by atoms with van der Waals surface area (Å²) in [5.74, 6) is 1.05. The van der Waals surface area contributed by atoms with Gasteiger partial charge < -0.3 is 21.3 Å². The van der Waals surface area contributed by atoms with Crippen LogP contribution < -0.4 is 21.3 Å². The van der Waals surface area contributed by atoms with E-state index in [0.717, 1.165) is 31.2 Å². The van der Waals surface area contributed by atoms with Gasteiger partial charge in [-0.1, -0.05) is 89.2 Å². The molecule has 1 aromatic rings. The summed E-state index contributed by atoms with van der Waals surface area (Å²) in [5.41, 5.74) is 3.45. The molecule has 0 aliphatic carbocycles. The highest BCUT2D eigenvalue weighted by atomic mass is 16.2. The van der Waals surface area contributed by atoms with E-state index < -0.39 is 0 Å². The van der Waals surface area contributed by atoms with E-state index >= 15 is 0 Å². The molecule has 4 N–H and O–H groups in total. The largest absolute Gasteiger partial charge is 0.338 e. The second kappa shape index (κ2) is 15.3. The van der Waals surface area contributed by atoms with Gasteiger partial charge in [-0.3, -0.25) is 0 Å². The number of nitrogens with one attached hydrogen (secondary N) is 4. The molecule has 6 nitrogen and oxygen atoms in total. The van der Waals surface area contributed by atoms with Crippen molar-refractivity contribution in [2.75, 3.05) is 23.7 Å². The molecule has 0 saturated heterocycles. The summed E-state index contributed by atoms with van der Waals surface area (Å²) in [6, 6.07) is 5.12. The summed E-state index contributed by atoms with van der Waals surface area (Å²) in [6.07, 6.45) is 6.50. The average molecular weight is 573 g/mol. The van der Waals surface area contributed by atoms with Crippen LogP contribution in [0.25, 0.3) is 0 Å². The number of carbonyl (C=O) groups is 2. The van der Waals surface area contributed by atoms with E-state index in [0.29, 0.717) is 47.1 Å². The zero-order valence-electron chi connectivity index (χ0n) is 28.9. The molecule has 0 heterocycles. The third-order valence-electron chi connectivity index (χ3n) is 7.41. The lowest BCUT2D eigenvalue weighted by Gasteiger charge is -2.34. The summed E-state index contributed by atoms with van der Waals surface area (Å²) < 4.78 is 0. The molecule has 6 heteroatoms.